The van der Waals surface area contributed by atoms with Gasteiger partial charge in [-0.2, -0.15) is 0 Å². The van der Waals surface area contributed by atoms with E-state index in [4.69, 9.17) is 16.2 Å². The third-order valence-corrected chi connectivity index (χ3v) is 5.83. The number of nitrogens with zero attached hydrogens (tertiary/aromatic N) is 2. The van der Waals surface area contributed by atoms with Gasteiger partial charge in [-0.1, -0.05) is 18.2 Å². The van der Waals surface area contributed by atoms with E-state index in [9.17, 15) is 14.4 Å². The zero-order valence-electron chi connectivity index (χ0n) is 18.5. The number of para-hydroxylation sites is 1. The average molecular weight is 434 g/mol. The standard InChI is InChI=1S/C13H25N5O3.C9H10O/c1-16-13(21)18(7-9(14)8-19)6-5-10-3-4-11(12(15)20)17(10)2;1-2-6-9-8(4-1)5-3-7-10-9/h8-11H,3-7,14H2,1-2H3,(H2,15,20)(H,16,21);1-2,4,6H,3,5,7H2. The summed E-state index contributed by atoms with van der Waals surface area (Å²) in [5.74, 6) is 0.764. The minimum atomic E-state index is -0.693. The number of fused-ring (bicyclic) bond motifs is 1. The van der Waals surface area contributed by atoms with E-state index in [0.717, 1.165) is 31.6 Å². The van der Waals surface area contributed by atoms with Crippen molar-refractivity contribution in [1.82, 2.24) is 15.1 Å². The van der Waals surface area contributed by atoms with E-state index < -0.39 is 6.04 Å². The van der Waals surface area contributed by atoms with Gasteiger partial charge in [0.05, 0.1) is 18.7 Å². The molecule has 2 heterocycles. The predicted molar refractivity (Wildman–Crippen MR) is 119 cm³/mol. The van der Waals surface area contributed by atoms with Gasteiger partial charge in [0.15, 0.2) is 0 Å². The summed E-state index contributed by atoms with van der Waals surface area (Å²) in [6.07, 6.45) is 5.28. The molecule has 3 amide bonds. The molecular formula is C22H35N5O4. The Balaban J connectivity index is 0.000000280. The summed E-state index contributed by atoms with van der Waals surface area (Å²) >= 11 is 0. The lowest BCUT2D eigenvalue weighted by Crippen LogP contribution is -2.47. The van der Waals surface area contributed by atoms with Crippen LogP contribution in [0.2, 0.25) is 0 Å². The molecule has 0 saturated carbocycles. The van der Waals surface area contributed by atoms with Gasteiger partial charge in [-0.25, -0.2) is 4.79 Å². The first-order valence-electron chi connectivity index (χ1n) is 10.8. The molecule has 3 rings (SSSR count). The van der Waals surface area contributed by atoms with E-state index in [1.807, 2.05) is 24.1 Å². The van der Waals surface area contributed by atoms with Crippen molar-refractivity contribution in [3.8, 4) is 5.75 Å². The third kappa shape index (κ3) is 7.22. The summed E-state index contributed by atoms with van der Waals surface area (Å²) in [5.41, 5.74) is 12.3. The van der Waals surface area contributed by atoms with Crippen molar-refractivity contribution in [2.75, 3.05) is 33.8 Å². The first-order valence-corrected chi connectivity index (χ1v) is 10.8. The number of hydrogen-bond donors (Lipinski definition) is 3. The van der Waals surface area contributed by atoms with Gasteiger partial charge in [-0.05, 0) is 50.8 Å². The fourth-order valence-corrected chi connectivity index (χ4v) is 4.04. The molecule has 1 fully saturated rings. The van der Waals surface area contributed by atoms with Crippen molar-refractivity contribution in [2.24, 2.45) is 11.5 Å². The Kier molecular flexibility index (Phi) is 9.74. The second-order valence-electron chi connectivity index (χ2n) is 7.96. The summed E-state index contributed by atoms with van der Waals surface area (Å²) in [4.78, 5) is 37.2. The smallest absolute Gasteiger partial charge is 0.317 e. The zero-order valence-corrected chi connectivity index (χ0v) is 18.5. The molecule has 0 spiro atoms. The van der Waals surface area contributed by atoms with Gasteiger partial charge >= 0.3 is 6.03 Å². The normalized spacial score (nSPS) is 21.0. The largest absolute Gasteiger partial charge is 0.493 e. The van der Waals surface area contributed by atoms with E-state index in [-0.39, 0.29) is 30.6 Å². The average Bonchev–Trinajstić information content (AvgIpc) is 3.16. The molecule has 172 valence electrons. The number of nitrogens with one attached hydrogen (secondary N) is 1. The first-order chi connectivity index (χ1) is 14.9. The SMILES string of the molecule is CNC(=O)N(CCC1CCC(C(N)=O)N1C)CC(N)C=O.c1ccc2c(c1)CCCO2. The minimum absolute atomic E-state index is 0.179. The van der Waals surface area contributed by atoms with Crippen LogP contribution in [0.5, 0.6) is 5.75 Å². The van der Waals surface area contributed by atoms with Crippen molar-refractivity contribution in [2.45, 2.75) is 50.2 Å². The Morgan fingerprint density at radius 1 is 1.35 bits per heavy atom. The van der Waals surface area contributed by atoms with Gasteiger partial charge in [0, 0.05) is 26.2 Å². The Bertz CT molecular complexity index is 719. The number of carbonyl (C=O) groups is 3. The number of carbonyl (C=O) groups excluding carboxylic acids is 3. The molecule has 0 radical (unpaired) electrons. The van der Waals surface area contributed by atoms with Crippen LogP contribution in [0, 0.1) is 0 Å². The van der Waals surface area contributed by atoms with Crippen LogP contribution in [0.4, 0.5) is 4.79 Å². The number of rotatable bonds is 7. The molecule has 2 aliphatic heterocycles. The lowest BCUT2D eigenvalue weighted by molar-refractivity contribution is -0.122. The Morgan fingerprint density at radius 3 is 2.71 bits per heavy atom. The molecule has 2 aliphatic rings. The fraction of sp³-hybridized carbons (Fsp3) is 0.591. The summed E-state index contributed by atoms with van der Waals surface area (Å²) in [7, 11) is 3.40. The minimum Gasteiger partial charge on any atom is -0.493 e. The molecule has 31 heavy (non-hydrogen) atoms. The topological polar surface area (TPSA) is 131 Å². The van der Waals surface area contributed by atoms with Crippen LogP contribution in [0.15, 0.2) is 24.3 Å². The maximum Gasteiger partial charge on any atom is 0.317 e. The van der Waals surface area contributed by atoms with Crippen molar-refractivity contribution >= 4 is 18.2 Å². The van der Waals surface area contributed by atoms with Gasteiger partial charge < -0.3 is 31.2 Å². The maximum absolute atomic E-state index is 11.8. The predicted octanol–water partition coefficient (Wildman–Crippen LogP) is 0.504. The second kappa shape index (κ2) is 12.3. The monoisotopic (exact) mass is 433 g/mol. The lowest BCUT2D eigenvalue weighted by Gasteiger charge is -2.28. The molecule has 3 unspecified atom stereocenters. The number of aryl methyl sites for hydroxylation is 1. The number of amides is 3. The quantitative estimate of drug-likeness (QED) is 0.537. The van der Waals surface area contributed by atoms with Gasteiger partial charge in [0.1, 0.15) is 12.0 Å². The molecular weight excluding hydrogens is 398 g/mol. The highest BCUT2D eigenvalue weighted by Crippen LogP contribution is 2.24. The molecule has 1 saturated heterocycles. The van der Waals surface area contributed by atoms with Crippen molar-refractivity contribution < 1.29 is 19.1 Å². The van der Waals surface area contributed by atoms with E-state index in [0.29, 0.717) is 19.3 Å². The lowest BCUT2D eigenvalue weighted by atomic mass is 10.1. The van der Waals surface area contributed by atoms with Crippen LogP contribution in [0.3, 0.4) is 0 Å². The van der Waals surface area contributed by atoms with Crippen molar-refractivity contribution in [1.29, 1.82) is 0 Å². The van der Waals surface area contributed by atoms with Gasteiger partial charge in [-0.15, -0.1) is 0 Å². The molecule has 1 aromatic carbocycles. The van der Waals surface area contributed by atoms with Crippen molar-refractivity contribution in [3.63, 3.8) is 0 Å². The Morgan fingerprint density at radius 2 is 2.10 bits per heavy atom. The fourth-order valence-electron chi connectivity index (χ4n) is 4.04. The summed E-state index contributed by atoms with van der Waals surface area (Å²) in [6, 6.07) is 7.25. The van der Waals surface area contributed by atoms with E-state index >= 15 is 0 Å². The van der Waals surface area contributed by atoms with Crippen LogP contribution in [-0.2, 0) is 16.0 Å². The zero-order chi connectivity index (χ0) is 22.8. The molecule has 0 aromatic heterocycles. The molecule has 1 aromatic rings. The number of ether oxygens (including phenoxy) is 1. The molecule has 0 bridgehead atoms. The second-order valence-corrected chi connectivity index (χ2v) is 7.96. The molecule has 9 nitrogen and oxygen atoms in total. The number of primary amides is 1. The number of aldehydes is 1. The summed E-state index contributed by atoms with van der Waals surface area (Å²) in [5, 5.41) is 2.54. The highest BCUT2D eigenvalue weighted by Gasteiger charge is 2.34. The summed E-state index contributed by atoms with van der Waals surface area (Å²) < 4.78 is 5.42. The molecule has 0 aliphatic carbocycles. The molecule has 5 N–H and O–H groups in total. The van der Waals surface area contributed by atoms with Gasteiger partial charge in [0.25, 0.3) is 0 Å². The molecule has 9 heteroatoms. The van der Waals surface area contributed by atoms with E-state index in [2.05, 4.69) is 17.4 Å². The molecule has 3 atom stereocenters. The highest BCUT2D eigenvalue weighted by molar-refractivity contribution is 5.80. The summed E-state index contributed by atoms with van der Waals surface area (Å²) in [6.45, 7) is 1.54. The highest BCUT2D eigenvalue weighted by atomic mass is 16.5. The van der Waals surface area contributed by atoms with Crippen LogP contribution in [-0.4, -0.2) is 79.9 Å². The van der Waals surface area contributed by atoms with Crippen LogP contribution in [0.1, 0.15) is 31.2 Å². The Hall–Kier alpha value is -2.65. The Labute approximate surface area is 184 Å². The van der Waals surface area contributed by atoms with Crippen LogP contribution < -0.4 is 21.5 Å². The third-order valence-electron chi connectivity index (χ3n) is 5.83. The van der Waals surface area contributed by atoms with Crippen LogP contribution in [0.25, 0.3) is 0 Å². The van der Waals surface area contributed by atoms with E-state index in [1.165, 1.54) is 23.9 Å². The van der Waals surface area contributed by atoms with Crippen LogP contribution >= 0.6 is 0 Å². The maximum atomic E-state index is 11.8. The first kappa shape index (κ1) is 24.6. The van der Waals surface area contributed by atoms with Gasteiger partial charge in [-0.3, -0.25) is 9.69 Å². The number of likely N-dealkylation sites (tertiary alicyclic amines) is 1. The number of nitrogens with two attached hydrogens (primary N) is 2. The number of benzene rings is 1. The van der Waals surface area contributed by atoms with Crippen molar-refractivity contribution in [3.05, 3.63) is 29.8 Å². The number of hydrogen-bond acceptors (Lipinski definition) is 6. The number of likely N-dealkylation sites (N-methyl/N-ethyl adjacent to an activating group) is 1. The van der Waals surface area contributed by atoms with Gasteiger partial charge in [0.2, 0.25) is 5.91 Å². The number of urea groups is 1. The van der Waals surface area contributed by atoms with E-state index in [1.54, 1.807) is 0 Å².